The van der Waals surface area contributed by atoms with Gasteiger partial charge in [-0.2, -0.15) is 0 Å². The van der Waals surface area contributed by atoms with Gasteiger partial charge in [0, 0.05) is 38.8 Å². The predicted molar refractivity (Wildman–Crippen MR) is 170 cm³/mol. The minimum absolute atomic E-state index is 0. The van der Waals surface area contributed by atoms with E-state index in [-0.39, 0.29) is 23.2 Å². The average Bonchev–Trinajstić information content (AvgIpc) is 3.46. The third-order valence-corrected chi connectivity index (χ3v) is 10.2. The summed E-state index contributed by atoms with van der Waals surface area (Å²) >= 11 is 1.46. The lowest BCUT2D eigenvalue weighted by molar-refractivity contribution is 0.0376. The molecule has 1 aromatic heterocycles. The number of aromatic nitrogens is 1. The number of hydrogen-bond donors (Lipinski definition) is 0. The topological polar surface area (TPSA) is 92.3 Å². The second kappa shape index (κ2) is 13.8. The van der Waals surface area contributed by atoms with Gasteiger partial charge >= 0.3 is 0 Å². The molecule has 1 amide bonds. The van der Waals surface area contributed by atoms with E-state index in [4.69, 9.17) is 14.5 Å². The van der Waals surface area contributed by atoms with Crippen LogP contribution in [0.4, 0.5) is 10.8 Å². The zero-order chi connectivity index (χ0) is 29.0. The number of hydrogen-bond acceptors (Lipinski definition) is 8. The number of carbonyl (C=O) groups excluding carboxylic acids is 1. The first-order chi connectivity index (χ1) is 19.8. The van der Waals surface area contributed by atoms with Gasteiger partial charge in [0.25, 0.3) is 15.9 Å². The Labute approximate surface area is 257 Å². The van der Waals surface area contributed by atoms with E-state index in [0.717, 1.165) is 41.8 Å². The molecule has 1 saturated heterocycles. The van der Waals surface area contributed by atoms with Gasteiger partial charge < -0.3 is 9.47 Å². The van der Waals surface area contributed by atoms with Crippen LogP contribution in [-0.4, -0.2) is 77.8 Å². The van der Waals surface area contributed by atoms with Crippen LogP contribution in [0.3, 0.4) is 0 Å². The van der Waals surface area contributed by atoms with Crippen LogP contribution in [0.15, 0.2) is 71.6 Å². The lowest BCUT2D eigenvalue weighted by Gasteiger charge is -2.27. The standard InChI is InChI=1S/C30H34N4O5S2.ClH/c1-22-10-15-26(38-3)27-28(22)40-30(31-27)34(17-7-16-33-18-20-39-21-19-33)29(35)23-11-13-25(14-12-23)41(36,37)32(2)24-8-5-4-6-9-24;/h4-6,8-15H,7,16-21H2,1-3H3;1H. The number of para-hydroxylation sites is 1. The first-order valence-electron chi connectivity index (χ1n) is 13.5. The van der Waals surface area contributed by atoms with Crippen LogP contribution in [0.25, 0.3) is 10.2 Å². The number of nitrogens with zero attached hydrogens (tertiary/aromatic N) is 4. The van der Waals surface area contributed by atoms with Crippen molar-refractivity contribution in [2.75, 3.05) is 62.8 Å². The molecule has 1 fully saturated rings. The number of methoxy groups -OCH3 is 1. The highest BCUT2D eigenvalue weighted by Gasteiger charge is 2.25. The van der Waals surface area contributed by atoms with E-state index >= 15 is 0 Å². The summed E-state index contributed by atoms with van der Waals surface area (Å²) < 4.78 is 39.7. The number of anilines is 2. The van der Waals surface area contributed by atoms with E-state index in [1.165, 1.54) is 34.8 Å². The summed E-state index contributed by atoms with van der Waals surface area (Å²) in [4.78, 5) is 22.9. The van der Waals surface area contributed by atoms with Crippen molar-refractivity contribution in [3.05, 3.63) is 77.9 Å². The number of morpholine rings is 1. The van der Waals surface area contributed by atoms with Gasteiger partial charge in [0.15, 0.2) is 5.13 Å². The van der Waals surface area contributed by atoms with E-state index in [1.54, 1.807) is 48.4 Å². The molecule has 1 aliphatic heterocycles. The maximum absolute atomic E-state index is 13.9. The predicted octanol–water partition coefficient (Wildman–Crippen LogP) is 5.23. The summed E-state index contributed by atoms with van der Waals surface area (Å²) in [6, 6.07) is 18.9. The van der Waals surface area contributed by atoms with Crippen LogP contribution in [0.1, 0.15) is 22.3 Å². The van der Waals surface area contributed by atoms with Crippen LogP contribution >= 0.6 is 23.7 Å². The molecule has 5 rings (SSSR count). The van der Waals surface area contributed by atoms with Crippen molar-refractivity contribution in [3.63, 3.8) is 0 Å². The third-order valence-electron chi connectivity index (χ3n) is 7.23. The van der Waals surface area contributed by atoms with Crippen molar-refractivity contribution in [1.29, 1.82) is 0 Å². The summed E-state index contributed by atoms with van der Waals surface area (Å²) in [6.45, 7) is 6.50. The summed E-state index contributed by atoms with van der Waals surface area (Å²) in [7, 11) is -0.667. The van der Waals surface area contributed by atoms with E-state index in [9.17, 15) is 13.2 Å². The SMILES string of the molecule is COc1ccc(C)c2sc(N(CCCN3CCOCC3)C(=O)c3ccc(S(=O)(=O)N(C)c4ccccc4)cc3)nc12.Cl. The second-order valence-electron chi connectivity index (χ2n) is 9.86. The Hall–Kier alpha value is -3.22. The Balaban J connectivity index is 0.00000405. The molecule has 224 valence electrons. The van der Waals surface area contributed by atoms with E-state index in [0.29, 0.717) is 41.9 Å². The van der Waals surface area contributed by atoms with Crippen molar-refractivity contribution in [1.82, 2.24) is 9.88 Å². The molecular weight excluding hydrogens is 596 g/mol. The Morgan fingerprint density at radius 2 is 1.74 bits per heavy atom. The molecule has 0 bridgehead atoms. The Bertz CT molecular complexity index is 1610. The van der Waals surface area contributed by atoms with E-state index < -0.39 is 10.0 Å². The molecule has 1 aliphatic rings. The van der Waals surface area contributed by atoms with E-state index in [2.05, 4.69) is 4.90 Å². The zero-order valence-electron chi connectivity index (χ0n) is 23.9. The van der Waals surface area contributed by atoms with Gasteiger partial charge in [-0.25, -0.2) is 13.4 Å². The Morgan fingerprint density at radius 3 is 2.40 bits per heavy atom. The lowest BCUT2D eigenvalue weighted by Crippen LogP contribution is -2.39. The Kier molecular flexibility index (Phi) is 10.4. The van der Waals surface area contributed by atoms with Gasteiger partial charge in [-0.3, -0.25) is 18.9 Å². The van der Waals surface area contributed by atoms with Crippen LogP contribution in [-0.2, 0) is 14.8 Å². The molecule has 4 aromatic rings. The minimum atomic E-state index is -3.79. The van der Waals surface area contributed by atoms with Gasteiger partial charge in [-0.1, -0.05) is 35.6 Å². The fraction of sp³-hybridized carbons (Fsp3) is 0.333. The number of fused-ring (bicyclic) bond motifs is 1. The minimum Gasteiger partial charge on any atom is -0.494 e. The molecule has 0 saturated carbocycles. The summed E-state index contributed by atoms with van der Waals surface area (Å²) in [5.74, 6) is 0.425. The number of thiazole rings is 1. The maximum atomic E-state index is 13.9. The van der Waals surface area contributed by atoms with Gasteiger partial charge in [0.05, 0.1) is 35.6 Å². The maximum Gasteiger partial charge on any atom is 0.264 e. The third kappa shape index (κ3) is 6.71. The van der Waals surface area contributed by atoms with Crippen LogP contribution < -0.4 is 13.9 Å². The molecule has 0 unspecified atom stereocenters. The first-order valence-corrected chi connectivity index (χ1v) is 15.8. The summed E-state index contributed by atoms with van der Waals surface area (Å²) in [5, 5.41) is 0.583. The monoisotopic (exact) mass is 630 g/mol. The number of halogens is 1. The molecule has 0 atom stereocenters. The number of ether oxygens (including phenoxy) is 2. The van der Waals surface area contributed by atoms with Crippen LogP contribution in [0.5, 0.6) is 5.75 Å². The quantitative estimate of drug-likeness (QED) is 0.237. The molecule has 9 nitrogen and oxygen atoms in total. The first kappa shape index (κ1) is 31.7. The summed E-state index contributed by atoms with van der Waals surface area (Å²) in [6.07, 6.45) is 0.756. The number of rotatable bonds is 10. The smallest absolute Gasteiger partial charge is 0.264 e. The van der Waals surface area contributed by atoms with Gasteiger partial charge in [-0.15, -0.1) is 12.4 Å². The van der Waals surface area contributed by atoms with Crippen LogP contribution in [0, 0.1) is 6.92 Å². The highest BCUT2D eigenvalue weighted by Crippen LogP contribution is 2.37. The van der Waals surface area contributed by atoms with Gasteiger partial charge in [0.2, 0.25) is 0 Å². The number of amides is 1. The zero-order valence-corrected chi connectivity index (χ0v) is 26.3. The van der Waals surface area contributed by atoms with Crippen molar-refractivity contribution < 1.29 is 22.7 Å². The van der Waals surface area contributed by atoms with Crippen LogP contribution in [0.2, 0.25) is 0 Å². The molecule has 3 aromatic carbocycles. The fourth-order valence-electron chi connectivity index (χ4n) is 4.80. The largest absolute Gasteiger partial charge is 0.494 e. The van der Waals surface area contributed by atoms with Crippen molar-refractivity contribution in [3.8, 4) is 5.75 Å². The molecule has 0 N–H and O–H groups in total. The van der Waals surface area contributed by atoms with Crippen molar-refractivity contribution in [2.45, 2.75) is 18.2 Å². The normalized spacial score (nSPS) is 13.9. The molecule has 42 heavy (non-hydrogen) atoms. The number of carbonyl (C=O) groups is 1. The van der Waals surface area contributed by atoms with Crippen molar-refractivity contribution in [2.24, 2.45) is 0 Å². The molecular formula is C30H35ClN4O5S2. The molecule has 0 radical (unpaired) electrons. The van der Waals surface area contributed by atoms with Gasteiger partial charge in [-0.05, 0) is 61.4 Å². The summed E-state index contributed by atoms with van der Waals surface area (Å²) in [5.41, 5.74) is 2.73. The second-order valence-corrected chi connectivity index (χ2v) is 12.8. The lowest BCUT2D eigenvalue weighted by atomic mass is 10.2. The number of sulfonamides is 1. The number of aryl methyl sites for hydroxylation is 1. The fourth-order valence-corrected chi connectivity index (χ4v) is 7.07. The highest BCUT2D eigenvalue weighted by molar-refractivity contribution is 7.92. The number of benzene rings is 3. The van der Waals surface area contributed by atoms with Crippen molar-refractivity contribution >= 4 is 60.7 Å². The van der Waals surface area contributed by atoms with Gasteiger partial charge in [0.1, 0.15) is 11.3 Å². The Morgan fingerprint density at radius 1 is 1.05 bits per heavy atom. The molecule has 0 aliphatic carbocycles. The average molecular weight is 631 g/mol. The molecule has 0 spiro atoms. The molecule has 12 heteroatoms. The molecule has 2 heterocycles. The van der Waals surface area contributed by atoms with E-state index in [1.807, 2.05) is 25.1 Å². The highest BCUT2D eigenvalue weighted by atomic mass is 35.5.